The summed E-state index contributed by atoms with van der Waals surface area (Å²) in [5.74, 6) is 2.53. The zero-order chi connectivity index (χ0) is 43.1. The molecule has 65 heavy (non-hydrogen) atoms. The van der Waals surface area contributed by atoms with Gasteiger partial charge in [0.25, 0.3) is 6.71 Å². The van der Waals surface area contributed by atoms with Crippen molar-refractivity contribution in [2.24, 2.45) is 0 Å². The van der Waals surface area contributed by atoms with Crippen molar-refractivity contribution < 1.29 is 0 Å². The highest BCUT2D eigenvalue weighted by atomic mass is 15.3. The molecule has 306 valence electrons. The molecule has 0 saturated carbocycles. The molecule has 8 heteroatoms. The number of nitrogens with zero attached hydrogens (tertiary/aromatic N) is 7. The SMILES string of the molecule is c1ccc(-c2ccc3c(n2)N(c2cccc(N(c4ccccc4)c4ccccc4)c2)c2ccnc4c2B3c2cc(N(c3ccccc3)c3ccccc3)cnc2N4c2ccccc2)cc1. The molecule has 7 aromatic carbocycles. The predicted octanol–water partition coefficient (Wildman–Crippen LogP) is 12.6. The van der Waals surface area contributed by atoms with Crippen molar-refractivity contribution in [2.45, 2.75) is 0 Å². The Morgan fingerprint density at radius 1 is 0.369 bits per heavy atom. The van der Waals surface area contributed by atoms with Gasteiger partial charge in [-0.05, 0) is 113 Å². The third kappa shape index (κ3) is 6.67. The van der Waals surface area contributed by atoms with E-state index in [-0.39, 0.29) is 6.71 Å². The number of rotatable bonds is 9. The normalized spacial score (nSPS) is 12.2. The van der Waals surface area contributed by atoms with E-state index in [1.54, 1.807) is 0 Å². The molecule has 2 aliphatic rings. The fourth-order valence-electron chi connectivity index (χ4n) is 9.47. The number of fused-ring (bicyclic) bond motifs is 4. The lowest BCUT2D eigenvalue weighted by atomic mass is 9.34. The molecule has 0 fully saturated rings. The topological polar surface area (TPSA) is 51.6 Å². The van der Waals surface area contributed by atoms with E-state index < -0.39 is 0 Å². The van der Waals surface area contributed by atoms with Crippen LogP contribution in [-0.2, 0) is 0 Å². The lowest BCUT2D eigenvalue weighted by Crippen LogP contribution is -2.62. The van der Waals surface area contributed by atoms with Crippen LogP contribution in [-0.4, -0.2) is 21.7 Å². The van der Waals surface area contributed by atoms with Crippen LogP contribution in [0.3, 0.4) is 0 Å². The summed E-state index contributed by atoms with van der Waals surface area (Å²) in [5.41, 5.74) is 14.3. The summed E-state index contributed by atoms with van der Waals surface area (Å²) in [6.07, 6.45) is 3.92. The fraction of sp³-hybridized carbons (Fsp3) is 0. The third-order valence-electron chi connectivity index (χ3n) is 12.3. The number of anilines is 12. The lowest BCUT2D eigenvalue weighted by molar-refractivity contribution is 1.11. The molecule has 12 rings (SSSR count). The Labute approximate surface area is 378 Å². The average Bonchev–Trinajstić information content (AvgIpc) is 3.38. The summed E-state index contributed by atoms with van der Waals surface area (Å²) in [7, 11) is 0. The number of benzene rings is 7. The first-order chi connectivity index (χ1) is 32.3. The van der Waals surface area contributed by atoms with Gasteiger partial charge in [-0.15, -0.1) is 0 Å². The molecule has 0 bridgehead atoms. The van der Waals surface area contributed by atoms with E-state index in [0.29, 0.717) is 0 Å². The Bertz CT molecular complexity index is 3210. The van der Waals surface area contributed by atoms with E-state index in [1.165, 1.54) is 0 Å². The Hall–Kier alpha value is -8.75. The standard InChI is InChI=1S/C57H40BN7/c1-7-20-41(21-8-1)52-35-34-50-56(61-52)64(48-33-19-32-47(38-48)62(42-22-9-2-10-23-42)43-24-11-3-12-25-43)53-36-37-59-57-54(53)58(50)51-39-49(40-60-55(51)65(57)46-30-17-6-18-31-46)63(44-26-13-4-14-27-44)45-28-15-5-16-29-45/h1-40H. The molecule has 7 nitrogen and oxygen atoms in total. The van der Waals surface area contributed by atoms with Gasteiger partial charge in [0.15, 0.2) is 0 Å². The van der Waals surface area contributed by atoms with Gasteiger partial charge in [0.1, 0.15) is 17.5 Å². The molecule has 0 saturated heterocycles. The molecule has 0 amide bonds. The predicted molar refractivity (Wildman–Crippen MR) is 269 cm³/mol. The van der Waals surface area contributed by atoms with Crippen molar-refractivity contribution in [1.29, 1.82) is 0 Å². The van der Waals surface area contributed by atoms with Gasteiger partial charge >= 0.3 is 0 Å². The first-order valence-corrected chi connectivity index (χ1v) is 21.9. The first kappa shape index (κ1) is 38.0. The van der Waals surface area contributed by atoms with Gasteiger partial charge in [-0.2, -0.15) is 0 Å². The van der Waals surface area contributed by atoms with Gasteiger partial charge in [-0.1, -0.05) is 133 Å². The van der Waals surface area contributed by atoms with Crippen LogP contribution in [0.25, 0.3) is 11.3 Å². The number of hydrogen-bond donors (Lipinski definition) is 0. The van der Waals surface area contributed by atoms with Crippen molar-refractivity contribution >= 4 is 91.7 Å². The van der Waals surface area contributed by atoms with E-state index >= 15 is 0 Å². The van der Waals surface area contributed by atoms with E-state index in [9.17, 15) is 0 Å². The Kier molecular flexibility index (Phi) is 9.45. The molecule has 3 aromatic heterocycles. The molecule has 0 radical (unpaired) electrons. The number of aromatic nitrogens is 3. The van der Waals surface area contributed by atoms with Crippen LogP contribution in [0.1, 0.15) is 0 Å². The average molecular weight is 834 g/mol. The van der Waals surface area contributed by atoms with E-state index in [4.69, 9.17) is 15.0 Å². The monoisotopic (exact) mass is 833 g/mol. The largest absolute Gasteiger partial charge is 0.310 e. The minimum atomic E-state index is -0.249. The second-order valence-corrected chi connectivity index (χ2v) is 16.1. The quantitative estimate of drug-likeness (QED) is 0.134. The van der Waals surface area contributed by atoms with E-state index in [0.717, 1.165) is 96.3 Å². The highest BCUT2D eigenvalue weighted by Crippen LogP contribution is 2.45. The summed E-state index contributed by atoms with van der Waals surface area (Å²) in [5, 5.41) is 0. The van der Waals surface area contributed by atoms with Crippen molar-refractivity contribution in [1.82, 2.24) is 15.0 Å². The molecular formula is C57H40BN7. The molecular weight excluding hydrogens is 793 g/mol. The summed E-state index contributed by atoms with van der Waals surface area (Å²) in [6.45, 7) is -0.249. The number of hydrogen-bond acceptors (Lipinski definition) is 7. The van der Waals surface area contributed by atoms with Crippen LogP contribution in [0, 0.1) is 0 Å². The smallest absolute Gasteiger partial charge is 0.258 e. The molecule has 0 unspecified atom stereocenters. The van der Waals surface area contributed by atoms with Crippen LogP contribution in [0.5, 0.6) is 0 Å². The number of pyridine rings is 3. The highest BCUT2D eigenvalue weighted by Gasteiger charge is 2.46. The maximum absolute atomic E-state index is 5.63. The van der Waals surface area contributed by atoms with Gasteiger partial charge in [0.05, 0.1) is 17.6 Å². The van der Waals surface area contributed by atoms with Crippen molar-refractivity contribution in [2.75, 3.05) is 19.6 Å². The Morgan fingerprint density at radius 3 is 1.49 bits per heavy atom. The first-order valence-electron chi connectivity index (χ1n) is 21.9. The van der Waals surface area contributed by atoms with Gasteiger partial charge in [-0.25, -0.2) is 15.0 Å². The van der Waals surface area contributed by atoms with Crippen LogP contribution >= 0.6 is 0 Å². The van der Waals surface area contributed by atoms with Gasteiger partial charge in [0.2, 0.25) is 0 Å². The fourth-order valence-corrected chi connectivity index (χ4v) is 9.47. The second-order valence-electron chi connectivity index (χ2n) is 16.1. The Balaban J connectivity index is 1.11. The van der Waals surface area contributed by atoms with Crippen molar-refractivity contribution in [3.05, 3.63) is 243 Å². The van der Waals surface area contributed by atoms with Gasteiger partial charge in [-0.3, -0.25) is 9.80 Å². The molecule has 0 atom stereocenters. The van der Waals surface area contributed by atoms with Gasteiger partial charge in [0, 0.05) is 57.3 Å². The molecule has 10 aromatic rings. The van der Waals surface area contributed by atoms with Gasteiger partial charge < -0.3 is 9.80 Å². The van der Waals surface area contributed by atoms with Crippen LogP contribution in [0.4, 0.5) is 68.6 Å². The summed E-state index contributed by atoms with van der Waals surface area (Å²) in [4.78, 5) is 25.4. The molecule has 5 heterocycles. The zero-order valence-electron chi connectivity index (χ0n) is 35.3. The second kappa shape index (κ2) is 16.2. The molecule has 0 aliphatic carbocycles. The summed E-state index contributed by atoms with van der Waals surface area (Å²) in [6, 6.07) is 80.7. The minimum absolute atomic E-state index is 0.249. The maximum atomic E-state index is 5.63. The molecule has 2 aliphatic heterocycles. The summed E-state index contributed by atoms with van der Waals surface area (Å²) < 4.78 is 0. The zero-order valence-corrected chi connectivity index (χ0v) is 35.3. The summed E-state index contributed by atoms with van der Waals surface area (Å²) >= 11 is 0. The Morgan fingerprint density at radius 2 is 0.892 bits per heavy atom. The minimum Gasteiger partial charge on any atom is -0.310 e. The van der Waals surface area contributed by atoms with E-state index in [2.05, 4.69) is 238 Å². The van der Waals surface area contributed by atoms with Crippen molar-refractivity contribution in [3.8, 4) is 11.3 Å². The van der Waals surface area contributed by atoms with Crippen LogP contribution in [0.15, 0.2) is 243 Å². The number of para-hydroxylation sites is 5. The molecule has 0 N–H and O–H groups in total. The highest BCUT2D eigenvalue weighted by molar-refractivity contribution is 7.00. The van der Waals surface area contributed by atoms with E-state index in [1.807, 2.05) is 24.5 Å². The lowest BCUT2D eigenvalue weighted by Gasteiger charge is -2.42. The van der Waals surface area contributed by atoms with Crippen LogP contribution < -0.4 is 36.0 Å². The maximum Gasteiger partial charge on any atom is 0.258 e. The van der Waals surface area contributed by atoms with Crippen LogP contribution in [0.2, 0.25) is 0 Å². The van der Waals surface area contributed by atoms with Crippen molar-refractivity contribution in [3.63, 3.8) is 0 Å². The third-order valence-corrected chi connectivity index (χ3v) is 12.3. The molecule has 0 spiro atoms.